The van der Waals surface area contributed by atoms with Gasteiger partial charge in [0, 0.05) is 34.2 Å². The van der Waals surface area contributed by atoms with Crippen molar-refractivity contribution in [2.45, 2.75) is 43.7 Å². The molecule has 52 heavy (non-hydrogen) atoms. The average Bonchev–Trinajstić information content (AvgIpc) is 3.57. The number of ketones is 2. The number of hydrogen-bond acceptors (Lipinski definition) is 14. The van der Waals surface area contributed by atoms with Crippen LogP contribution in [0.2, 0.25) is 0 Å². The summed E-state index contributed by atoms with van der Waals surface area (Å²) in [5.41, 5.74) is 1.67. The Morgan fingerprint density at radius 1 is 0.904 bits per heavy atom. The molecular formula is C35H34N5O12+. The van der Waals surface area contributed by atoms with Crippen LogP contribution in [0.3, 0.4) is 0 Å². The van der Waals surface area contributed by atoms with E-state index in [0.29, 0.717) is 21.7 Å². The quantitative estimate of drug-likeness (QED) is 0.0824. The topological polar surface area (TPSA) is 265 Å². The molecule has 17 nitrogen and oxygen atoms in total. The molecule has 3 aromatic carbocycles. The van der Waals surface area contributed by atoms with Crippen LogP contribution in [0.5, 0.6) is 11.5 Å². The SMILES string of the molecule is N=C1N=C2C(=NC[NH+]2c2ccccc2Cc2cc3c(c(OCCO)c2OC2OC(CO)C(O)C(O)C2O)C(=O)c2cc(CO)ccc2C3=O)C(=O)N1. The van der Waals surface area contributed by atoms with Crippen LogP contribution in [0.25, 0.3) is 0 Å². The lowest BCUT2D eigenvalue weighted by Crippen LogP contribution is -3.09. The monoisotopic (exact) mass is 716 g/mol. The molecule has 1 saturated heterocycles. The van der Waals surface area contributed by atoms with Crippen molar-refractivity contribution in [2.24, 2.45) is 9.98 Å². The fourth-order valence-corrected chi connectivity index (χ4v) is 6.72. The maximum absolute atomic E-state index is 14.2. The van der Waals surface area contributed by atoms with Crippen LogP contribution < -0.4 is 19.7 Å². The van der Waals surface area contributed by atoms with Gasteiger partial charge in [0.1, 0.15) is 36.7 Å². The summed E-state index contributed by atoms with van der Waals surface area (Å²) >= 11 is 0. The molecule has 0 spiro atoms. The van der Waals surface area contributed by atoms with Crippen LogP contribution in [0.1, 0.15) is 48.5 Å². The zero-order valence-electron chi connectivity index (χ0n) is 27.3. The van der Waals surface area contributed by atoms with E-state index in [2.05, 4.69) is 15.3 Å². The number of aliphatic imine (C=N–C) groups is 2. The molecule has 3 aliphatic heterocycles. The highest BCUT2D eigenvalue weighted by molar-refractivity contribution is 6.68. The zero-order chi connectivity index (χ0) is 36.8. The number of carbonyl (C=O) groups excluding carboxylic acids is 3. The van der Waals surface area contributed by atoms with E-state index < -0.39 is 68.0 Å². The maximum atomic E-state index is 14.2. The molecule has 4 aliphatic rings. The Labute approximate surface area is 294 Å². The van der Waals surface area contributed by atoms with E-state index >= 15 is 0 Å². The molecule has 0 radical (unpaired) electrons. The first-order chi connectivity index (χ1) is 25.1. The number of amidine groups is 1. The second-order valence-corrected chi connectivity index (χ2v) is 12.4. The number of guanidine groups is 1. The summed E-state index contributed by atoms with van der Waals surface area (Å²) in [7, 11) is 0. The number of para-hydroxylation sites is 1. The van der Waals surface area contributed by atoms with Gasteiger partial charge in [-0.3, -0.25) is 25.1 Å². The standard InChI is InChI=1S/C35H33N5O12/c36-35-38-32-24(33(49)39-35)37-14-40(32)21-4-2-1-3-16(21)10-17-11-20-23(26(45)19-9-15(12-42)5-6-18(19)25(20)44)31(50-8-7-41)30(17)52-34-29(48)28(47)27(46)22(13-43)51-34/h1-6,9,11,22,27-29,34,41-43,46-48H,7-8,10,12-14H2,(H2,36,39,49)/p+1. The third-order valence-electron chi connectivity index (χ3n) is 9.26. The third-order valence-corrected chi connectivity index (χ3v) is 9.26. The predicted octanol–water partition coefficient (Wildman–Crippen LogP) is -2.51. The van der Waals surface area contributed by atoms with E-state index in [9.17, 15) is 45.0 Å². The number of rotatable bonds is 10. The normalized spacial score (nSPS) is 25.1. The van der Waals surface area contributed by atoms with Crippen molar-refractivity contribution in [2.75, 3.05) is 26.5 Å². The predicted molar refractivity (Wildman–Crippen MR) is 178 cm³/mol. The number of amides is 1. The van der Waals surface area contributed by atoms with Gasteiger partial charge < -0.3 is 44.8 Å². The summed E-state index contributed by atoms with van der Waals surface area (Å²) < 4.78 is 17.8. The van der Waals surface area contributed by atoms with Crippen molar-refractivity contribution >= 4 is 40.7 Å². The summed E-state index contributed by atoms with van der Waals surface area (Å²) in [6.07, 6.45) is -8.49. The highest BCUT2D eigenvalue weighted by atomic mass is 16.7. The molecule has 9 N–H and O–H groups in total. The number of ether oxygens (including phenoxy) is 3. The van der Waals surface area contributed by atoms with E-state index in [0.717, 1.165) is 0 Å². The maximum Gasteiger partial charge on any atom is 0.284 e. The van der Waals surface area contributed by atoms with Crippen LogP contribution in [0.15, 0.2) is 58.5 Å². The minimum Gasteiger partial charge on any atom is -0.486 e. The summed E-state index contributed by atoms with van der Waals surface area (Å²) in [4.78, 5) is 49.9. The van der Waals surface area contributed by atoms with Gasteiger partial charge in [-0.2, -0.15) is 4.99 Å². The first kappa shape index (κ1) is 35.2. The fourth-order valence-electron chi connectivity index (χ4n) is 6.72. The number of aliphatic hydroxyl groups excluding tert-OH is 6. The van der Waals surface area contributed by atoms with Crippen molar-refractivity contribution in [1.29, 1.82) is 5.41 Å². The second-order valence-electron chi connectivity index (χ2n) is 12.4. The Balaban J connectivity index is 1.40. The molecule has 0 bridgehead atoms. The first-order valence-electron chi connectivity index (χ1n) is 16.3. The van der Waals surface area contributed by atoms with E-state index in [4.69, 9.17) is 19.6 Å². The molecular weight excluding hydrogens is 682 g/mol. The van der Waals surface area contributed by atoms with Crippen LogP contribution in [0, 0.1) is 5.41 Å². The Morgan fingerprint density at radius 2 is 1.69 bits per heavy atom. The number of carbonyl (C=O) groups is 3. The molecule has 270 valence electrons. The Morgan fingerprint density at radius 3 is 2.44 bits per heavy atom. The van der Waals surface area contributed by atoms with Crippen LogP contribution in [-0.4, -0.2) is 123 Å². The molecule has 3 heterocycles. The highest BCUT2D eigenvalue weighted by Gasteiger charge is 2.46. The van der Waals surface area contributed by atoms with Gasteiger partial charge in [0.25, 0.3) is 11.7 Å². The molecule has 17 heteroatoms. The van der Waals surface area contributed by atoms with Crippen molar-refractivity contribution in [3.63, 3.8) is 0 Å². The Kier molecular flexibility index (Phi) is 9.51. The molecule has 0 aromatic heterocycles. The van der Waals surface area contributed by atoms with E-state index in [1.54, 1.807) is 24.3 Å². The van der Waals surface area contributed by atoms with Crippen LogP contribution >= 0.6 is 0 Å². The van der Waals surface area contributed by atoms with Gasteiger partial charge in [-0.15, -0.1) is 0 Å². The first-order valence-corrected chi connectivity index (χ1v) is 16.3. The van der Waals surface area contributed by atoms with Crippen LogP contribution in [0.4, 0.5) is 5.69 Å². The van der Waals surface area contributed by atoms with Gasteiger partial charge >= 0.3 is 0 Å². The van der Waals surface area contributed by atoms with Crippen molar-refractivity contribution in [3.8, 4) is 11.5 Å². The number of hydrogen-bond donors (Lipinski definition) is 9. The van der Waals surface area contributed by atoms with Gasteiger partial charge in [-0.05, 0) is 29.8 Å². The number of aliphatic hydroxyl groups is 6. The summed E-state index contributed by atoms with van der Waals surface area (Å²) in [6.45, 7) is -1.95. The van der Waals surface area contributed by atoms with E-state index in [1.165, 1.54) is 24.3 Å². The number of quaternary nitrogens is 1. The summed E-state index contributed by atoms with van der Waals surface area (Å²) in [6, 6.07) is 12.8. The zero-order valence-corrected chi connectivity index (χ0v) is 27.3. The largest absolute Gasteiger partial charge is 0.486 e. The molecule has 1 fully saturated rings. The fraction of sp³-hybridized carbons (Fsp3) is 0.314. The molecule has 3 aromatic rings. The van der Waals surface area contributed by atoms with E-state index in [-0.39, 0.29) is 76.5 Å². The van der Waals surface area contributed by atoms with Gasteiger partial charge in [0.2, 0.25) is 18.0 Å². The molecule has 6 atom stereocenters. The number of nitrogens with zero attached hydrogens (tertiary/aromatic N) is 2. The van der Waals surface area contributed by atoms with Crippen molar-refractivity contribution in [3.05, 3.63) is 87.5 Å². The average molecular weight is 717 g/mol. The van der Waals surface area contributed by atoms with Crippen molar-refractivity contribution < 1.29 is 64.1 Å². The minimum absolute atomic E-state index is 0.00826. The molecule has 7 rings (SSSR count). The number of fused-ring (bicyclic) bond motifs is 3. The van der Waals surface area contributed by atoms with E-state index in [1.807, 2.05) is 0 Å². The molecule has 0 saturated carbocycles. The lowest BCUT2D eigenvalue weighted by atomic mass is 9.81. The van der Waals surface area contributed by atoms with Gasteiger partial charge in [-0.25, -0.2) is 9.89 Å². The number of nitrogens with one attached hydrogen (secondary N) is 3. The van der Waals surface area contributed by atoms with Crippen LogP contribution in [-0.2, 0) is 22.6 Å². The van der Waals surface area contributed by atoms with Crippen molar-refractivity contribution in [1.82, 2.24) is 5.32 Å². The van der Waals surface area contributed by atoms with Gasteiger partial charge in [0.05, 0.1) is 25.4 Å². The third kappa shape index (κ3) is 5.98. The minimum atomic E-state index is -1.86. The molecule has 1 amide bonds. The molecule has 6 unspecified atom stereocenters. The van der Waals surface area contributed by atoms with Gasteiger partial charge in [-0.1, -0.05) is 24.3 Å². The summed E-state index contributed by atoms with van der Waals surface area (Å²) in [5.74, 6) is -2.36. The summed E-state index contributed by atoms with van der Waals surface area (Å²) in [5, 5.41) is 71.6. The van der Waals surface area contributed by atoms with Gasteiger partial charge in [0.15, 0.2) is 29.7 Å². The Hall–Kier alpha value is -5.24. The number of benzene rings is 3. The smallest absolute Gasteiger partial charge is 0.284 e. The lowest BCUT2D eigenvalue weighted by Gasteiger charge is -2.40. The molecule has 1 aliphatic carbocycles. The lowest BCUT2D eigenvalue weighted by molar-refractivity contribution is -0.723. The second kappa shape index (κ2) is 14.1. The Bertz CT molecular complexity index is 2060. The highest BCUT2D eigenvalue weighted by Crippen LogP contribution is 2.45.